The number of carbonyl (C=O) groups excluding carboxylic acids is 1. The number of benzene rings is 1. The third kappa shape index (κ3) is 3.81. The predicted molar refractivity (Wildman–Crippen MR) is 108 cm³/mol. The topological polar surface area (TPSA) is 75.7 Å². The van der Waals surface area contributed by atoms with Crippen LogP contribution in [-0.2, 0) is 34.3 Å². The van der Waals surface area contributed by atoms with Crippen molar-refractivity contribution in [3.63, 3.8) is 0 Å². The van der Waals surface area contributed by atoms with E-state index in [9.17, 15) is 13.2 Å². The third-order valence-corrected chi connectivity index (χ3v) is 8.63. The lowest BCUT2D eigenvalue weighted by molar-refractivity contribution is -0.139. The fourth-order valence-electron chi connectivity index (χ4n) is 3.63. The fraction of sp³-hybridized carbons (Fsp3) is 0.450. The molecular formula is C20H24N2O4S2. The monoisotopic (exact) mass is 420 g/mol. The Kier molecular flexibility index (Phi) is 5.44. The molecule has 0 unspecified atom stereocenters. The van der Waals surface area contributed by atoms with Gasteiger partial charge in [-0.25, -0.2) is 13.1 Å². The molecule has 2 aliphatic rings. The van der Waals surface area contributed by atoms with Crippen LogP contribution >= 0.6 is 11.3 Å². The Balaban J connectivity index is 1.46. The van der Waals surface area contributed by atoms with Gasteiger partial charge in [-0.3, -0.25) is 4.79 Å². The van der Waals surface area contributed by atoms with E-state index in [1.54, 1.807) is 19.2 Å². The van der Waals surface area contributed by atoms with Gasteiger partial charge in [-0.1, -0.05) is 24.6 Å². The zero-order valence-electron chi connectivity index (χ0n) is 15.8. The molecule has 1 aliphatic carbocycles. The second-order valence-electron chi connectivity index (χ2n) is 7.29. The zero-order chi connectivity index (χ0) is 19.7. The van der Waals surface area contributed by atoms with Crippen LogP contribution in [-0.4, -0.2) is 32.9 Å². The van der Waals surface area contributed by atoms with E-state index in [1.807, 2.05) is 23.1 Å². The first-order valence-corrected chi connectivity index (χ1v) is 11.8. The van der Waals surface area contributed by atoms with Gasteiger partial charge in [0.2, 0.25) is 15.9 Å². The molecular weight excluding hydrogens is 396 g/mol. The van der Waals surface area contributed by atoms with Crippen LogP contribution in [0.25, 0.3) is 0 Å². The SMILES string of the molecule is COc1ccccc1CNS(=O)(=O)c1cc2c(s1)CCN(C(=O)C1CCC1)C2. The van der Waals surface area contributed by atoms with Crippen LogP contribution in [0.1, 0.15) is 35.3 Å². The summed E-state index contributed by atoms with van der Waals surface area (Å²) in [5.41, 5.74) is 1.74. The molecule has 1 aliphatic heterocycles. The van der Waals surface area contributed by atoms with Gasteiger partial charge in [0.05, 0.1) is 7.11 Å². The van der Waals surface area contributed by atoms with Crippen molar-refractivity contribution in [3.05, 3.63) is 46.3 Å². The molecule has 2 aromatic rings. The van der Waals surface area contributed by atoms with E-state index in [4.69, 9.17) is 4.74 Å². The summed E-state index contributed by atoms with van der Waals surface area (Å²) in [4.78, 5) is 15.5. The molecule has 0 spiro atoms. The van der Waals surface area contributed by atoms with Crippen molar-refractivity contribution in [2.75, 3.05) is 13.7 Å². The number of sulfonamides is 1. The summed E-state index contributed by atoms with van der Waals surface area (Å²) in [5.74, 6) is 1.05. The first kappa shape index (κ1) is 19.4. The number of hydrogen-bond acceptors (Lipinski definition) is 5. The number of methoxy groups -OCH3 is 1. The number of ether oxygens (including phenoxy) is 1. The zero-order valence-corrected chi connectivity index (χ0v) is 17.4. The number of hydrogen-bond donors (Lipinski definition) is 1. The highest BCUT2D eigenvalue weighted by molar-refractivity contribution is 7.91. The summed E-state index contributed by atoms with van der Waals surface area (Å²) < 4.78 is 33.8. The van der Waals surface area contributed by atoms with Crippen LogP contribution in [0.4, 0.5) is 0 Å². The van der Waals surface area contributed by atoms with E-state index < -0.39 is 10.0 Å². The molecule has 8 heteroatoms. The summed E-state index contributed by atoms with van der Waals surface area (Å²) in [6, 6.07) is 9.07. The van der Waals surface area contributed by atoms with Gasteiger partial charge >= 0.3 is 0 Å². The Morgan fingerprint density at radius 1 is 1.32 bits per heavy atom. The summed E-state index contributed by atoms with van der Waals surface area (Å²) in [6.07, 6.45) is 3.82. The molecule has 1 N–H and O–H groups in total. The maximum atomic E-state index is 12.8. The molecule has 1 saturated carbocycles. The number of thiophene rings is 1. The number of fused-ring (bicyclic) bond motifs is 1. The Morgan fingerprint density at radius 2 is 2.11 bits per heavy atom. The van der Waals surface area contributed by atoms with Crippen LogP contribution in [0.3, 0.4) is 0 Å². The van der Waals surface area contributed by atoms with Crippen molar-refractivity contribution in [1.82, 2.24) is 9.62 Å². The van der Waals surface area contributed by atoms with Crippen LogP contribution < -0.4 is 9.46 Å². The highest BCUT2D eigenvalue weighted by Gasteiger charge is 2.32. The lowest BCUT2D eigenvalue weighted by Gasteiger charge is -2.33. The van der Waals surface area contributed by atoms with E-state index in [0.717, 1.165) is 41.7 Å². The molecule has 6 nitrogen and oxygen atoms in total. The van der Waals surface area contributed by atoms with Crippen molar-refractivity contribution in [3.8, 4) is 5.75 Å². The first-order chi connectivity index (χ1) is 13.5. The highest BCUT2D eigenvalue weighted by Crippen LogP contribution is 2.34. The molecule has 1 aromatic heterocycles. The Labute approximate surface area is 169 Å². The van der Waals surface area contributed by atoms with Crippen LogP contribution in [0.15, 0.2) is 34.5 Å². The Bertz CT molecular complexity index is 980. The summed E-state index contributed by atoms with van der Waals surface area (Å²) in [5, 5.41) is 0. The quantitative estimate of drug-likeness (QED) is 0.780. The van der Waals surface area contributed by atoms with Gasteiger partial charge in [0.25, 0.3) is 0 Å². The minimum absolute atomic E-state index is 0.168. The number of amides is 1. The maximum absolute atomic E-state index is 12.8. The third-order valence-electron chi connectivity index (χ3n) is 5.52. The van der Waals surface area contributed by atoms with Crippen LogP contribution in [0.2, 0.25) is 0 Å². The largest absolute Gasteiger partial charge is 0.496 e. The second-order valence-corrected chi connectivity index (χ2v) is 10.4. The molecule has 1 aromatic carbocycles. The standard InChI is InChI=1S/C20H24N2O4S2/c1-26-17-8-3-2-5-15(17)12-21-28(24,25)19-11-16-13-22(10-9-18(16)27-19)20(23)14-6-4-7-14/h2-3,5,8,11,14,21H,4,6-7,9-10,12-13H2,1H3. The van der Waals surface area contributed by atoms with Crippen LogP contribution in [0.5, 0.6) is 5.75 Å². The lowest BCUT2D eigenvalue weighted by atomic mass is 9.84. The van der Waals surface area contributed by atoms with Crippen molar-refractivity contribution in [1.29, 1.82) is 0 Å². The van der Waals surface area contributed by atoms with Gasteiger partial charge in [0.1, 0.15) is 9.96 Å². The molecule has 2 heterocycles. The summed E-state index contributed by atoms with van der Waals surface area (Å²) in [6.45, 7) is 1.36. The van der Waals surface area contributed by atoms with E-state index in [-0.39, 0.29) is 18.4 Å². The van der Waals surface area contributed by atoms with Crippen molar-refractivity contribution in [2.24, 2.45) is 5.92 Å². The van der Waals surface area contributed by atoms with Gasteiger partial charge in [-0.2, -0.15) is 0 Å². The van der Waals surface area contributed by atoms with Gasteiger partial charge in [-0.05, 0) is 37.0 Å². The van der Waals surface area contributed by atoms with Gasteiger partial charge in [0, 0.05) is 36.0 Å². The molecule has 28 heavy (non-hydrogen) atoms. The van der Waals surface area contributed by atoms with Gasteiger partial charge in [0.15, 0.2) is 0 Å². The van der Waals surface area contributed by atoms with Crippen LogP contribution in [0, 0.1) is 5.92 Å². The average Bonchev–Trinajstić information content (AvgIpc) is 3.09. The average molecular weight is 421 g/mol. The molecule has 1 amide bonds. The minimum Gasteiger partial charge on any atom is -0.496 e. The van der Waals surface area contributed by atoms with Crippen molar-refractivity contribution >= 4 is 27.3 Å². The predicted octanol–water partition coefficient (Wildman–Crippen LogP) is 2.92. The molecule has 0 atom stereocenters. The van der Waals surface area contributed by atoms with E-state index >= 15 is 0 Å². The smallest absolute Gasteiger partial charge is 0.250 e. The Hall–Kier alpha value is -1.90. The molecule has 0 radical (unpaired) electrons. The molecule has 4 rings (SSSR count). The number of carbonyl (C=O) groups is 1. The number of para-hydroxylation sites is 1. The number of rotatable bonds is 6. The molecule has 1 fully saturated rings. The number of nitrogens with one attached hydrogen (secondary N) is 1. The first-order valence-electron chi connectivity index (χ1n) is 9.50. The maximum Gasteiger partial charge on any atom is 0.250 e. The van der Waals surface area contributed by atoms with Crippen molar-refractivity contribution in [2.45, 2.75) is 43.0 Å². The Morgan fingerprint density at radius 3 is 2.82 bits per heavy atom. The summed E-state index contributed by atoms with van der Waals surface area (Å²) in [7, 11) is -2.05. The minimum atomic E-state index is -3.62. The molecule has 150 valence electrons. The normalized spacial score (nSPS) is 17.1. The lowest BCUT2D eigenvalue weighted by Crippen LogP contribution is -2.41. The summed E-state index contributed by atoms with van der Waals surface area (Å²) >= 11 is 1.31. The van der Waals surface area contributed by atoms with E-state index in [2.05, 4.69) is 4.72 Å². The molecule has 0 saturated heterocycles. The van der Waals surface area contributed by atoms with E-state index in [1.165, 1.54) is 11.3 Å². The number of nitrogens with zero attached hydrogens (tertiary/aromatic N) is 1. The highest BCUT2D eigenvalue weighted by atomic mass is 32.2. The second kappa shape index (κ2) is 7.85. The van der Waals surface area contributed by atoms with Gasteiger partial charge in [-0.15, -0.1) is 11.3 Å². The van der Waals surface area contributed by atoms with Gasteiger partial charge < -0.3 is 9.64 Å². The molecule has 0 bridgehead atoms. The van der Waals surface area contributed by atoms with Crippen molar-refractivity contribution < 1.29 is 17.9 Å². The fourth-order valence-corrected chi connectivity index (χ4v) is 6.23. The van der Waals surface area contributed by atoms with E-state index in [0.29, 0.717) is 23.0 Å².